The molecule has 2 heterocycles. The van der Waals surface area contributed by atoms with E-state index in [1.165, 1.54) is 0 Å². The van der Waals surface area contributed by atoms with Crippen LogP contribution in [0.5, 0.6) is 0 Å². The second-order valence-corrected chi connectivity index (χ2v) is 5.94. The molecule has 2 atom stereocenters. The molecule has 1 fully saturated rings. The van der Waals surface area contributed by atoms with Crippen LogP contribution in [-0.2, 0) is 11.2 Å². The lowest BCUT2D eigenvalue weighted by Gasteiger charge is -2.30. The van der Waals surface area contributed by atoms with Crippen molar-refractivity contribution in [3.05, 3.63) is 48.3 Å². The Morgan fingerprint density at radius 1 is 1.39 bits per heavy atom. The van der Waals surface area contributed by atoms with E-state index < -0.39 is 0 Å². The van der Waals surface area contributed by atoms with Crippen molar-refractivity contribution < 1.29 is 4.79 Å². The summed E-state index contributed by atoms with van der Waals surface area (Å²) in [5.41, 5.74) is 2.02. The van der Waals surface area contributed by atoms with Crippen LogP contribution in [0.15, 0.2) is 42.7 Å². The molecule has 1 aliphatic rings. The second-order valence-electron chi connectivity index (χ2n) is 5.94. The van der Waals surface area contributed by atoms with E-state index in [1.54, 1.807) is 10.9 Å². The summed E-state index contributed by atoms with van der Waals surface area (Å²) in [6.45, 7) is 4.11. The van der Waals surface area contributed by atoms with Gasteiger partial charge in [0.15, 0.2) is 0 Å². The van der Waals surface area contributed by atoms with Crippen molar-refractivity contribution in [1.29, 1.82) is 0 Å². The maximum Gasteiger partial charge on any atom is 0.224 e. The average Bonchev–Trinajstić information content (AvgIpc) is 3.05. The van der Waals surface area contributed by atoms with Gasteiger partial charge in [-0.2, -0.15) is 5.10 Å². The topological polar surface area (TPSA) is 58.9 Å². The third-order valence-corrected chi connectivity index (χ3v) is 4.24. The van der Waals surface area contributed by atoms with Crippen LogP contribution in [0.1, 0.15) is 18.9 Å². The molecular weight excluding hydrogens is 312 g/mol. The Balaban J connectivity index is 0.00000192. The molecule has 1 saturated heterocycles. The third-order valence-electron chi connectivity index (χ3n) is 4.24. The van der Waals surface area contributed by atoms with E-state index in [4.69, 9.17) is 0 Å². The normalized spacial score (nSPS) is 20.6. The van der Waals surface area contributed by atoms with Crippen LogP contribution < -0.4 is 10.6 Å². The minimum Gasteiger partial charge on any atom is -0.352 e. The standard InChI is InChI=1S/C17H22N4O.ClH/c1-13-7-9-18-12-16(13)20-17(22)11-14-3-5-15(6-4-14)21-10-2-8-19-21;/h2-6,8,10,13,16,18H,7,9,11-12H2,1H3,(H,20,22);1H. The predicted molar refractivity (Wildman–Crippen MR) is 93.1 cm³/mol. The lowest BCUT2D eigenvalue weighted by Crippen LogP contribution is -2.50. The van der Waals surface area contributed by atoms with Gasteiger partial charge in [0, 0.05) is 25.0 Å². The first-order valence-electron chi connectivity index (χ1n) is 7.81. The number of nitrogens with one attached hydrogen (secondary N) is 2. The van der Waals surface area contributed by atoms with Crippen LogP contribution in [0.4, 0.5) is 0 Å². The summed E-state index contributed by atoms with van der Waals surface area (Å²) in [5.74, 6) is 0.625. The van der Waals surface area contributed by atoms with Crippen molar-refractivity contribution in [1.82, 2.24) is 20.4 Å². The highest BCUT2D eigenvalue weighted by Crippen LogP contribution is 2.12. The first-order chi connectivity index (χ1) is 10.7. The number of piperidine rings is 1. The van der Waals surface area contributed by atoms with Gasteiger partial charge in [0.25, 0.3) is 0 Å². The predicted octanol–water partition coefficient (Wildman–Crippen LogP) is 1.95. The molecule has 2 N–H and O–H groups in total. The minimum absolute atomic E-state index is 0. The number of aromatic nitrogens is 2. The van der Waals surface area contributed by atoms with Crippen molar-refractivity contribution in [3.63, 3.8) is 0 Å². The Morgan fingerprint density at radius 2 is 2.17 bits per heavy atom. The maximum absolute atomic E-state index is 12.2. The number of halogens is 1. The molecule has 2 unspecified atom stereocenters. The Labute approximate surface area is 142 Å². The highest BCUT2D eigenvalue weighted by molar-refractivity contribution is 5.85. The molecule has 1 aromatic carbocycles. The van der Waals surface area contributed by atoms with E-state index in [0.29, 0.717) is 12.3 Å². The van der Waals surface area contributed by atoms with Crippen molar-refractivity contribution in [2.75, 3.05) is 13.1 Å². The molecule has 0 bridgehead atoms. The van der Waals surface area contributed by atoms with Gasteiger partial charge in [-0.05, 0) is 42.6 Å². The SMILES string of the molecule is CC1CCNCC1NC(=O)Cc1ccc(-n2cccn2)cc1.Cl. The number of carbonyl (C=O) groups excluding carboxylic acids is 1. The van der Waals surface area contributed by atoms with Gasteiger partial charge in [0.2, 0.25) is 5.91 Å². The van der Waals surface area contributed by atoms with E-state index in [0.717, 1.165) is 30.8 Å². The van der Waals surface area contributed by atoms with Gasteiger partial charge in [-0.25, -0.2) is 4.68 Å². The minimum atomic E-state index is 0. The largest absolute Gasteiger partial charge is 0.352 e. The van der Waals surface area contributed by atoms with Crippen LogP contribution >= 0.6 is 12.4 Å². The van der Waals surface area contributed by atoms with E-state index in [1.807, 2.05) is 36.5 Å². The van der Waals surface area contributed by atoms with Gasteiger partial charge in [-0.1, -0.05) is 19.1 Å². The zero-order valence-electron chi connectivity index (χ0n) is 13.2. The molecule has 0 aliphatic carbocycles. The summed E-state index contributed by atoms with van der Waals surface area (Å²) in [5, 5.41) is 10.7. The lowest BCUT2D eigenvalue weighted by molar-refractivity contribution is -0.121. The molecule has 124 valence electrons. The number of carbonyl (C=O) groups is 1. The van der Waals surface area contributed by atoms with E-state index >= 15 is 0 Å². The number of benzene rings is 1. The fraction of sp³-hybridized carbons (Fsp3) is 0.412. The Hall–Kier alpha value is -1.85. The van der Waals surface area contributed by atoms with Crippen molar-refractivity contribution >= 4 is 18.3 Å². The van der Waals surface area contributed by atoms with Gasteiger partial charge in [0.1, 0.15) is 0 Å². The first-order valence-corrected chi connectivity index (χ1v) is 7.81. The van der Waals surface area contributed by atoms with Crippen LogP contribution in [-0.4, -0.2) is 34.8 Å². The number of hydrogen-bond donors (Lipinski definition) is 2. The Kier molecular flexibility index (Phi) is 6.19. The van der Waals surface area contributed by atoms with Gasteiger partial charge in [-0.3, -0.25) is 4.79 Å². The van der Waals surface area contributed by atoms with Gasteiger partial charge in [0.05, 0.1) is 12.1 Å². The Bertz CT molecular complexity index is 612. The van der Waals surface area contributed by atoms with Crippen LogP contribution in [0.3, 0.4) is 0 Å². The zero-order chi connectivity index (χ0) is 15.4. The molecule has 1 aromatic heterocycles. The summed E-state index contributed by atoms with van der Waals surface area (Å²) >= 11 is 0. The molecule has 0 saturated carbocycles. The fourth-order valence-corrected chi connectivity index (χ4v) is 2.81. The summed E-state index contributed by atoms with van der Waals surface area (Å²) in [6, 6.07) is 10.1. The summed E-state index contributed by atoms with van der Waals surface area (Å²) in [7, 11) is 0. The van der Waals surface area contributed by atoms with Gasteiger partial charge >= 0.3 is 0 Å². The maximum atomic E-state index is 12.2. The van der Waals surface area contributed by atoms with E-state index in [-0.39, 0.29) is 24.4 Å². The quantitative estimate of drug-likeness (QED) is 0.898. The molecule has 1 amide bonds. The number of nitrogens with zero attached hydrogens (tertiary/aromatic N) is 2. The summed E-state index contributed by atoms with van der Waals surface area (Å²) in [6.07, 6.45) is 5.19. The smallest absolute Gasteiger partial charge is 0.224 e. The third kappa shape index (κ3) is 4.56. The summed E-state index contributed by atoms with van der Waals surface area (Å²) in [4.78, 5) is 12.2. The molecule has 0 radical (unpaired) electrons. The fourth-order valence-electron chi connectivity index (χ4n) is 2.81. The average molecular weight is 335 g/mol. The highest BCUT2D eigenvalue weighted by Gasteiger charge is 2.22. The molecule has 23 heavy (non-hydrogen) atoms. The molecule has 2 aromatic rings. The van der Waals surface area contributed by atoms with E-state index in [2.05, 4.69) is 22.7 Å². The number of amides is 1. The van der Waals surface area contributed by atoms with E-state index in [9.17, 15) is 4.79 Å². The zero-order valence-corrected chi connectivity index (χ0v) is 14.1. The van der Waals surface area contributed by atoms with Crippen molar-refractivity contribution in [3.8, 4) is 5.69 Å². The molecule has 1 aliphatic heterocycles. The molecule has 5 nitrogen and oxygen atoms in total. The second kappa shape index (κ2) is 8.13. The molecular formula is C17H23ClN4O. The van der Waals surface area contributed by atoms with Gasteiger partial charge in [-0.15, -0.1) is 12.4 Å². The molecule has 3 rings (SSSR count). The first kappa shape index (κ1) is 17.5. The number of rotatable bonds is 4. The molecule has 0 spiro atoms. The lowest BCUT2D eigenvalue weighted by atomic mass is 9.94. The summed E-state index contributed by atoms with van der Waals surface area (Å²) < 4.78 is 1.80. The van der Waals surface area contributed by atoms with Crippen LogP contribution in [0, 0.1) is 5.92 Å². The van der Waals surface area contributed by atoms with Crippen LogP contribution in [0.2, 0.25) is 0 Å². The van der Waals surface area contributed by atoms with Crippen molar-refractivity contribution in [2.45, 2.75) is 25.8 Å². The van der Waals surface area contributed by atoms with Crippen LogP contribution in [0.25, 0.3) is 5.69 Å². The van der Waals surface area contributed by atoms with Gasteiger partial charge < -0.3 is 10.6 Å². The number of hydrogen-bond acceptors (Lipinski definition) is 3. The monoisotopic (exact) mass is 334 g/mol. The highest BCUT2D eigenvalue weighted by atomic mass is 35.5. The van der Waals surface area contributed by atoms with Crippen molar-refractivity contribution in [2.24, 2.45) is 5.92 Å². The Morgan fingerprint density at radius 3 is 2.83 bits per heavy atom. The molecule has 6 heteroatoms.